The van der Waals surface area contributed by atoms with Crippen molar-refractivity contribution in [1.82, 2.24) is 0 Å². The molecule has 0 bridgehead atoms. The second-order valence-electron chi connectivity index (χ2n) is 1.000. The molecular weight excluding hydrogens is 60.1 g/mol. The van der Waals surface area contributed by atoms with Crippen molar-refractivity contribution >= 4 is 0 Å². The van der Waals surface area contributed by atoms with Crippen LogP contribution in [-0.2, 0) is 0 Å². The van der Waals surface area contributed by atoms with Crippen molar-refractivity contribution < 1.29 is 1.43 Å². The van der Waals surface area contributed by atoms with Crippen molar-refractivity contribution in [3.05, 3.63) is 0 Å². The van der Waals surface area contributed by atoms with E-state index in [0.29, 0.717) is 0 Å². The molecule has 0 unspecified atom stereocenters. The Labute approximate surface area is 36.7 Å². The molecule has 0 amide bonds. The lowest BCUT2D eigenvalue weighted by Crippen LogP contribution is -1.47. The van der Waals surface area contributed by atoms with Crippen LogP contribution in [0.15, 0.2) is 0 Å². The summed E-state index contributed by atoms with van der Waals surface area (Å²) < 4.78 is 0. The molecule has 0 aliphatic carbocycles. The fourth-order valence-electron chi connectivity index (χ4n) is 0. The molecule has 0 radical (unpaired) electrons. The van der Waals surface area contributed by atoms with E-state index in [4.69, 9.17) is 0 Å². The fraction of sp³-hybridized carbons (Fsp3) is 1.00. The first kappa shape index (κ1) is 8.89. The molecule has 0 aromatic carbocycles. The van der Waals surface area contributed by atoms with Crippen molar-refractivity contribution in [2.24, 2.45) is 0 Å². The Morgan fingerprint density at radius 1 is 1.20 bits per heavy atom. The van der Waals surface area contributed by atoms with Crippen LogP contribution in [0.4, 0.5) is 0 Å². The smallest absolute Gasteiger partial charge is 0 e. The average Bonchev–Trinajstić information content (AvgIpc) is 1.37. The second-order valence-corrected chi connectivity index (χ2v) is 1.000. The van der Waals surface area contributed by atoms with Gasteiger partial charge in [0.15, 0.2) is 0 Å². The van der Waals surface area contributed by atoms with Crippen molar-refractivity contribution in [1.29, 1.82) is 0 Å². The molecule has 36 valence electrons. The Hall–Kier alpha value is 0. The SMILES string of the molecule is C.CCCC.[2HH]. The van der Waals surface area contributed by atoms with Crippen molar-refractivity contribution in [2.75, 3.05) is 0 Å². The van der Waals surface area contributed by atoms with Crippen molar-refractivity contribution in [3.63, 3.8) is 0 Å². The van der Waals surface area contributed by atoms with E-state index in [1.165, 1.54) is 12.8 Å². The summed E-state index contributed by atoms with van der Waals surface area (Å²) in [5.74, 6) is 0. The summed E-state index contributed by atoms with van der Waals surface area (Å²) in [5.41, 5.74) is 0. The molecule has 0 saturated heterocycles. The largest absolute Gasteiger partial charge is 0.0776 e. The first-order chi connectivity index (χ1) is 1.91. The molecule has 0 aromatic heterocycles. The van der Waals surface area contributed by atoms with E-state index < -0.39 is 0 Å². The van der Waals surface area contributed by atoms with E-state index in [0.717, 1.165) is 0 Å². The molecule has 0 aliphatic heterocycles. The van der Waals surface area contributed by atoms with Gasteiger partial charge in [-0.3, -0.25) is 0 Å². The summed E-state index contributed by atoms with van der Waals surface area (Å²) >= 11 is 0. The van der Waals surface area contributed by atoms with Crippen LogP contribution < -0.4 is 0 Å². The molecule has 0 heteroatoms. The number of hydrogen-bond acceptors (Lipinski definition) is 0. The maximum atomic E-state index is 2.18. The van der Waals surface area contributed by atoms with Crippen LogP contribution in [0.5, 0.6) is 0 Å². The molecular formula is C5H16. The molecule has 0 aliphatic rings. The Kier molecular flexibility index (Phi) is 16.0. The molecule has 0 rings (SSSR count). The van der Waals surface area contributed by atoms with Crippen LogP contribution in [0, 0.1) is 0 Å². The van der Waals surface area contributed by atoms with E-state index in [1.807, 2.05) is 0 Å². The number of rotatable bonds is 1. The first-order valence-corrected chi connectivity index (χ1v) is 1.91. The Morgan fingerprint density at radius 3 is 1.40 bits per heavy atom. The predicted molar refractivity (Wildman–Crippen MR) is 29.4 cm³/mol. The van der Waals surface area contributed by atoms with Crippen LogP contribution in [0.25, 0.3) is 0 Å². The monoisotopic (exact) mass is 77.1 g/mol. The molecule has 0 fully saturated rings. The van der Waals surface area contributed by atoms with E-state index in [1.54, 1.807) is 0 Å². The Bertz CT molecular complexity index is 5.90. The van der Waals surface area contributed by atoms with Crippen molar-refractivity contribution in [2.45, 2.75) is 34.1 Å². The molecule has 0 spiro atoms. The van der Waals surface area contributed by atoms with Gasteiger partial charge in [-0.1, -0.05) is 34.1 Å². The van der Waals surface area contributed by atoms with Crippen LogP contribution in [0.3, 0.4) is 0 Å². The highest BCUT2D eigenvalue weighted by Gasteiger charge is 1.56. The van der Waals surface area contributed by atoms with Gasteiger partial charge >= 0.3 is 0 Å². The molecule has 5 heavy (non-hydrogen) atoms. The number of unbranched alkanes of at least 4 members (excludes halogenated alkanes) is 1. The minimum Gasteiger partial charge on any atom is -0.0776 e. The lowest BCUT2D eigenvalue weighted by Gasteiger charge is -1.68. The third kappa shape index (κ3) is 16.0. The predicted octanol–water partition coefficient (Wildman–Crippen LogP) is 2.69. The summed E-state index contributed by atoms with van der Waals surface area (Å²) in [4.78, 5) is 0. The number of hydrogen-bond donors (Lipinski definition) is 0. The zero-order valence-corrected chi connectivity index (χ0v) is 3.41. The minimum absolute atomic E-state index is 0. The Morgan fingerprint density at radius 2 is 1.40 bits per heavy atom. The molecule has 0 saturated carbocycles. The second kappa shape index (κ2) is 9.00. The van der Waals surface area contributed by atoms with Gasteiger partial charge in [0.05, 0.1) is 0 Å². The van der Waals surface area contributed by atoms with Gasteiger partial charge < -0.3 is 0 Å². The highest BCUT2D eigenvalue weighted by molar-refractivity contribution is 4.12. The highest BCUT2D eigenvalue weighted by atomic mass is 13.6. The highest BCUT2D eigenvalue weighted by Crippen LogP contribution is 1.76. The summed E-state index contributed by atoms with van der Waals surface area (Å²) in [7, 11) is 0. The standard InChI is InChI=1S/C4H10.CH4.H2/c1-3-4-2;;/h3-4H2,1-2H3;1H4;1H/i;;1+1. The van der Waals surface area contributed by atoms with E-state index >= 15 is 0 Å². The van der Waals surface area contributed by atoms with Gasteiger partial charge in [0, 0.05) is 1.43 Å². The van der Waals surface area contributed by atoms with E-state index in [2.05, 4.69) is 13.8 Å². The topological polar surface area (TPSA) is 0 Å². The maximum absolute atomic E-state index is 2.18. The van der Waals surface area contributed by atoms with Crippen LogP contribution in [0.2, 0.25) is 0 Å². The molecule has 0 aromatic rings. The maximum Gasteiger partial charge on any atom is 0 e. The zero-order chi connectivity index (χ0) is 3.41. The Balaban J connectivity index is -0.0000000450. The summed E-state index contributed by atoms with van der Waals surface area (Å²) in [6.07, 6.45) is 2.64. The van der Waals surface area contributed by atoms with Gasteiger partial charge in [-0.05, 0) is 0 Å². The lowest BCUT2D eigenvalue weighted by atomic mass is 10.4. The van der Waals surface area contributed by atoms with Crippen LogP contribution in [-0.4, -0.2) is 0 Å². The summed E-state index contributed by atoms with van der Waals surface area (Å²) in [6, 6.07) is 0. The molecule has 0 atom stereocenters. The third-order valence-electron chi connectivity index (χ3n) is 0.500. The van der Waals surface area contributed by atoms with Gasteiger partial charge in [0.1, 0.15) is 0 Å². The quantitative estimate of drug-likeness (QED) is 0.451. The lowest BCUT2D eigenvalue weighted by molar-refractivity contribution is 0.886. The van der Waals surface area contributed by atoms with Crippen LogP contribution in [0.1, 0.15) is 35.5 Å². The fourth-order valence-corrected chi connectivity index (χ4v) is 0. The van der Waals surface area contributed by atoms with Gasteiger partial charge in [-0.15, -0.1) is 0 Å². The van der Waals surface area contributed by atoms with E-state index in [9.17, 15) is 0 Å². The zero-order valence-electron chi connectivity index (χ0n) is 3.41. The average molecular weight is 77.2 g/mol. The van der Waals surface area contributed by atoms with E-state index in [-0.39, 0.29) is 8.85 Å². The summed E-state index contributed by atoms with van der Waals surface area (Å²) in [5, 5.41) is 0. The summed E-state index contributed by atoms with van der Waals surface area (Å²) in [6.45, 7) is 4.36. The van der Waals surface area contributed by atoms with Gasteiger partial charge in [0.2, 0.25) is 0 Å². The van der Waals surface area contributed by atoms with Gasteiger partial charge in [-0.2, -0.15) is 0 Å². The first-order valence-electron chi connectivity index (χ1n) is 1.91. The normalized spacial score (nSPS) is 6.00. The third-order valence-corrected chi connectivity index (χ3v) is 0.500. The minimum atomic E-state index is 0. The molecule has 0 nitrogen and oxygen atoms in total. The molecule has 0 heterocycles. The molecule has 0 N–H and O–H groups in total. The van der Waals surface area contributed by atoms with Gasteiger partial charge in [-0.25, -0.2) is 0 Å². The van der Waals surface area contributed by atoms with Crippen LogP contribution >= 0.6 is 0 Å². The van der Waals surface area contributed by atoms with Crippen molar-refractivity contribution in [3.8, 4) is 0 Å². The van der Waals surface area contributed by atoms with Gasteiger partial charge in [0.25, 0.3) is 0 Å².